The van der Waals surface area contributed by atoms with E-state index in [0.717, 1.165) is 18.5 Å². The highest BCUT2D eigenvalue weighted by Gasteiger charge is 2.19. The summed E-state index contributed by atoms with van der Waals surface area (Å²) in [4.78, 5) is 4.28. The van der Waals surface area contributed by atoms with Crippen LogP contribution in [0.2, 0.25) is 0 Å². The molecule has 5 nitrogen and oxygen atoms in total. The topological polar surface area (TPSA) is 60.2 Å². The highest BCUT2D eigenvalue weighted by molar-refractivity contribution is 5.25. The van der Waals surface area contributed by atoms with Crippen LogP contribution in [-0.4, -0.2) is 23.8 Å². The van der Waals surface area contributed by atoms with Crippen molar-refractivity contribution in [3.8, 4) is 0 Å². The molecule has 0 aliphatic rings. The summed E-state index contributed by atoms with van der Waals surface area (Å²) in [5.41, 5.74) is 1.00. The standard InChI is InChI=1S/C13H17N3O2/c1-3-9-14-13-15-12(16-18-13)11(17-2)10-7-5-4-6-8-10/h4-8,11H,3,9H2,1-2H3,(H,14,15,16). The molecule has 1 atom stereocenters. The highest BCUT2D eigenvalue weighted by Crippen LogP contribution is 2.23. The Hall–Kier alpha value is -1.88. The molecular weight excluding hydrogens is 230 g/mol. The van der Waals surface area contributed by atoms with Crippen molar-refractivity contribution in [1.29, 1.82) is 0 Å². The predicted molar refractivity (Wildman–Crippen MR) is 68.4 cm³/mol. The van der Waals surface area contributed by atoms with Gasteiger partial charge in [-0.05, 0) is 12.0 Å². The van der Waals surface area contributed by atoms with Gasteiger partial charge in [0.15, 0.2) is 0 Å². The molecule has 0 radical (unpaired) electrons. The molecule has 2 rings (SSSR count). The summed E-state index contributed by atoms with van der Waals surface area (Å²) in [6.45, 7) is 2.89. The van der Waals surface area contributed by atoms with Crippen LogP contribution in [0.25, 0.3) is 0 Å². The van der Waals surface area contributed by atoms with Gasteiger partial charge in [0.25, 0.3) is 0 Å². The maximum absolute atomic E-state index is 5.43. The lowest BCUT2D eigenvalue weighted by Gasteiger charge is -2.10. The first-order valence-electron chi connectivity index (χ1n) is 6.00. The minimum absolute atomic E-state index is 0.299. The fraction of sp³-hybridized carbons (Fsp3) is 0.385. The molecule has 1 unspecified atom stereocenters. The molecule has 0 amide bonds. The Morgan fingerprint density at radius 2 is 2.11 bits per heavy atom. The molecule has 18 heavy (non-hydrogen) atoms. The van der Waals surface area contributed by atoms with E-state index in [0.29, 0.717) is 11.8 Å². The third-order valence-electron chi connectivity index (χ3n) is 2.54. The van der Waals surface area contributed by atoms with E-state index < -0.39 is 0 Å². The van der Waals surface area contributed by atoms with Gasteiger partial charge < -0.3 is 14.6 Å². The quantitative estimate of drug-likeness (QED) is 0.850. The van der Waals surface area contributed by atoms with Crippen molar-refractivity contribution in [3.63, 3.8) is 0 Å². The van der Waals surface area contributed by atoms with Crippen molar-refractivity contribution in [2.75, 3.05) is 19.0 Å². The molecule has 0 bridgehead atoms. The molecule has 1 aromatic carbocycles. The van der Waals surface area contributed by atoms with Crippen molar-refractivity contribution in [2.24, 2.45) is 0 Å². The number of rotatable bonds is 6. The van der Waals surface area contributed by atoms with Crippen LogP contribution in [0.4, 0.5) is 6.01 Å². The van der Waals surface area contributed by atoms with Gasteiger partial charge in [-0.3, -0.25) is 0 Å². The Morgan fingerprint density at radius 1 is 1.33 bits per heavy atom. The van der Waals surface area contributed by atoms with E-state index in [2.05, 4.69) is 22.4 Å². The smallest absolute Gasteiger partial charge is 0.321 e. The molecule has 2 aromatic rings. The van der Waals surface area contributed by atoms with Crippen LogP contribution in [0.15, 0.2) is 34.9 Å². The van der Waals surface area contributed by atoms with Gasteiger partial charge in [0.2, 0.25) is 5.82 Å². The lowest BCUT2D eigenvalue weighted by Crippen LogP contribution is -2.06. The fourth-order valence-corrected chi connectivity index (χ4v) is 1.66. The zero-order valence-electron chi connectivity index (χ0n) is 10.6. The number of hydrogen-bond acceptors (Lipinski definition) is 5. The summed E-state index contributed by atoms with van der Waals surface area (Å²) in [6.07, 6.45) is 0.705. The lowest BCUT2D eigenvalue weighted by atomic mass is 10.1. The Bertz CT molecular complexity index is 470. The van der Waals surface area contributed by atoms with Crippen LogP contribution in [0.5, 0.6) is 0 Å². The first-order valence-corrected chi connectivity index (χ1v) is 6.00. The maximum atomic E-state index is 5.43. The van der Waals surface area contributed by atoms with Gasteiger partial charge in [0.05, 0.1) is 0 Å². The normalized spacial score (nSPS) is 12.3. The molecule has 0 saturated heterocycles. The lowest BCUT2D eigenvalue weighted by molar-refractivity contribution is 0.126. The molecular formula is C13H17N3O2. The van der Waals surface area contributed by atoms with Crippen LogP contribution in [0.1, 0.15) is 30.8 Å². The summed E-state index contributed by atoms with van der Waals surface area (Å²) < 4.78 is 10.5. The van der Waals surface area contributed by atoms with E-state index in [9.17, 15) is 0 Å². The Kier molecular flexibility index (Phi) is 4.30. The van der Waals surface area contributed by atoms with Crippen molar-refractivity contribution in [1.82, 2.24) is 10.1 Å². The van der Waals surface area contributed by atoms with Crippen LogP contribution in [0, 0.1) is 0 Å². The Morgan fingerprint density at radius 3 is 2.78 bits per heavy atom. The number of hydrogen-bond donors (Lipinski definition) is 1. The SMILES string of the molecule is CCCNc1nc(C(OC)c2ccccc2)no1. The number of nitrogens with one attached hydrogen (secondary N) is 1. The third kappa shape index (κ3) is 2.87. The molecule has 0 saturated carbocycles. The van der Waals surface area contributed by atoms with Crippen LogP contribution >= 0.6 is 0 Å². The van der Waals surface area contributed by atoms with Gasteiger partial charge in [0.1, 0.15) is 6.10 Å². The van der Waals surface area contributed by atoms with Crippen LogP contribution in [0.3, 0.4) is 0 Å². The number of benzene rings is 1. The average molecular weight is 247 g/mol. The second-order valence-corrected chi connectivity index (χ2v) is 3.91. The molecule has 0 aliphatic heterocycles. The number of nitrogens with zero attached hydrogens (tertiary/aromatic N) is 2. The van der Waals surface area contributed by atoms with Crippen molar-refractivity contribution in [3.05, 3.63) is 41.7 Å². The Labute approximate surface area is 106 Å². The number of methoxy groups -OCH3 is 1. The van der Waals surface area contributed by atoms with Gasteiger partial charge in [-0.25, -0.2) is 0 Å². The summed E-state index contributed by atoms with van der Waals surface area (Å²) in [7, 11) is 1.63. The van der Waals surface area contributed by atoms with Crippen molar-refractivity contribution >= 4 is 6.01 Å². The third-order valence-corrected chi connectivity index (χ3v) is 2.54. The van der Waals surface area contributed by atoms with Gasteiger partial charge in [-0.2, -0.15) is 4.98 Å². The van der Waals surface area contributed by atoms with Gasteiger partial charge in [0, 0.05) is 13.7 Å². The molecule has 96 valence electrons. The number of aromatic nitrogens is 2. The monoisotopic (exact) mass is 247 g/mol. The summed E-state index contributed by atoms with van der Waals surface area (Å²) in [5, 5.41) is 6.99. The van der Waals surface area contributed by atoms with Gasteiger partial charge >= 0.3 is 6.01 Å². The minimum Gasteiger partial charge on any atom is -0.369 e. The molecule has 1 aromatic heterocycles. The summed E-state index contributed by atoms with van der Waals surface area (Å²) in [6, 6.07) is 10.3. The van der Waals surface area contributed by atoms with E-state index in [1.165, 1.54) is 0 Å². The van der Waals surface area contributed by atoms with E-state index in [4.69, 9.17) is 9.26 Å². The van der Waals surface area contributed by atoms with Gasteiger partial charge in [-0.15, -0.1) is 0 Å². The summed E-state index contributed by atoms with van der Waals surface area (Å²) >= 11 is 0. The van der Waals surface area contributed by atoms with E-state index in [1.807, 2.05) is 30.3 Å². The second-order valence-electron chi connectivity index (χ2n) is 3.91. The zero-order valence-corrected chi connectivity index (χ0v) is 10.6. The van der Waals surface area contributed by atoms with Gasteiger partial charge in [-0.1, -0.05) is 42.4 Å². The van der Waals surface area contributed by atoms with Crippen LogP contribution in [-0.2, 0) is 4.74 Å². The molecule has 0 fully saturated rings. The van der Waals surface area contributed by atoms with E-state index in [-0.39, 0.29) is 6.10 Å². The average Bonchev–Trinajstić information content (AvgIpc) is 2.87. The molecule has 1 N–H and O–H groups in total. The largest absolute Gasteiger partial charge is 0.369 e. The Balaban J connectivity index is 2.15. The zero-order chi connectivity index (χ0) is 12.8. The molecule has 0 aliphatic carbocycles. The second kappa shape index (κ2) is 6.16. The molecule has 1 heterocycles. The molecule has 0 spiro atoms. The number of anilines is 1. The first kappa shape index (κ1) is 12.6. The van der Waals surface area contributed by atoms with Crippen molar-refractivity contribution in [2.45, 2.75) is 19.4 Å². The highest BCUT2D eigenvalue weighted by atomic mass is 16.5. The number of ether oxygens (including phenoxy) is 1. The minimum atomic E-state index is -0.299. The van der Waals surface area contributed by atoms with Crippen molar-refractivity contribution < 1.29 is 9.26 Å². The summed E-state index contributed by atoms with van der Waals surface area (Å²) in [5.74, 6) is 0.530. The van der Waals surface area contributed by atoms with E-state index in [1.54, 1.807) is 7.11 Å². The maximum Gasteiger partial charge on any atom is 0.321 e. The fourth-order valence-electron chi connectivity index (χ4n) is 1.66. The van der Waals surface area contributed by atoms with Crippen LogP contribution < -0.4 is 5.32 Å². The van der Waals surface area contributed by atoms with E-state index >= 15 is 0 Å². The predicted octanol–water partition coefficient (Wildman–Crippen LogP) is 2.63. The molecule has 5 heteroatoms. The first-order chi connectivity index (χ1) is 8.85.